The highest BCUT2D eigenvalue weighted by atomic mass is 19.1. The van der Waals surface area contributed by atoms with Crippen LogP contribution in [0.25, 0.3) is 0 Å². The van der Waals surface area contributed by atoms with E-state index in [9.17, 15) is 4.39 Å². The molecule has 1 fully saturated rings. The van der Waals surface area contributed by atoms with Crippen LogP contribution in [0, 0.1) is 11.7 Å². The van der Waals surface area contributed by atoms with Crippen LogP contribution >= 0.6 is 0 Å². The van der Waals surface area contributed by atoms with Crippen molar-refractivity contribution >= 4 is 0 Å². The Hall–Kier alpha value is -1.09. The van der Waals surface area contributed by atoms with Gasteiger partial charge in [0.05, 0.1) is 6.10 Å². The lowest BCUT2D eigenvalue weighted by Gasteiger charge is -2.28. The summed E-state index contributed by atoms with van der Waals surface area (Å²) in [7, 11) is 0. The van der Waals surface area contributed by atoms with E-state index in [2.05, 4.69) is 6.92 Å². The van der Waals surface area contributed by atoms with Gasteiger partial charge in [0.25, 0.3) is 0 Å². The molecular weight excluding hydrogens is 241 g/mol. The van der Waals surface area contributed by atoms with Gasteiger partial charge in [-0.3, -0.25) is 0 Å². The highest BCUT2D eigenvalue weighted by Gasteiger charge is 2.22. The Morgan fingerprint density at radius 2 is 2.21 bits per heavy atom. The van der Waals surface area contributed by atoms with Crippen LogP contribution in [0.3, 0.4) is 0 Å². The summed E-state index contributed by atoms with van der Waals surface area (Å²) < 4.78 is 19.9. The lowest BCUT2D eigenvalue weighted by molar-refractivity contribution is 0.123. The third kappa shape index (κ3) is 3.93. The topological polar surface area (TPSA) is 35.2 Å². The molecule has 2 rings (SSSR count). The zero-order valence-electron chi connectivity index (χ0n) is 11.9. The fraction of sp³-hybridized carbons (Fsp3) is 0.625. The molecule has 106 valence electrons. The van der Waals surface area contributed by atoms with Crippen LogP contribution in [0.5, 0.6) is 5.75 Å². The van der Waals surface area contributed by atoms with E-state index < -0.39 is 0 Å². The first-order valence-electron chi connectivity index (χ1n) is 7.26. The summed E-state index contributed by atoms with van der Waals surface area (Å²) >= 11 is 0. The largest absolute Gasteiger partial charge is 0.487 e. The fourth-order valence-corrected chi connectivity index (χ4v) is 2.85. The molecular formula is C16H24FNO. The minimum Gasteiger partial charge on any atom is -0.487 e. The van der Waals surface area contributed by atoms with Crippen LogP contribution in [0.4, 0.5) is 4.39 Å². The van der Waals surface area contributed by atoms with Gasteiger partial charge in [-0.25, -0.2) is 4.39 Å². The molecule has 0 aromatic heterocycles. The zero-order valence-corrected chi connectivity index (χ0v) is 11.9. The molecule has 0 aliphatic heterocycles. The molecule has 3 unspecified atom stereocenters. The van der Waals surface area contributed by atoms with Crippen molar-refractivity contribution < 1.29 is 9.13 Å². The van der Waals surface area contributed by atoms with Crippen molar-refractivity contribution in [3.8, 4) is 5.75 Å². The average Bonchev–Trinajstić information content (AvgIpc) is 2.33. The Morgan fingerprint density at radius 1 is 1.42 bits per heavy atom. The molecule has 3 atom stereocenters. The molecule has 1 saturated carbocycles. The molecule has 0 amide bonds. The molecule has 0 bridgehead atoms. The predicted molar refractivity (Wildman–Crippen MR) is 75.8 cm³/mol. The minimum absolute atomic E-state index is 0.00873. The van der Waals surface area contributed by atoms with Crippen molar-refractivity contribution in [3.63, 3.8) is 0 Å². The number of benzene rings is 1. The van der Waals surface area contributed by atoms with Crippen molar-refractivity contribution in [2.45, 2.75) is 58.1 Å². The molecule has 1 aromatic rings. The standard InChI is InChI=1S/C16H24FNO/c1-11-5-3-7-14(9-11)19-16-13(10-12(2)18)6-4-8-15(16)17/h4,6,8,11-12,14H,3,5,7,9-10,18H2,1-2H3. The van der Waals surface area contributed by atoms with Crippen molar-refractivity contribution in [1.82, 2.24) is 0 Å². The van der Waals surface area contributed by atoms with Gasteiger partial charge in [0.2, 0.25) is 0 Å². The molecule has 0 heterocycles. The quantitative estimate of drug-likeness (QED) is 0.901. The van der Waals surface area contributed by atoms with Crippen LogP contribution in [-0.4, -0.2) is 12.1 Å². The summed E-state index contributed by atoms with van der Waals surface area (Å²) in [6.07, 6.45) is 5.26. The summed E-state index contributed by atoms with van der Waals surface area (Å²) in [6.45, 7) is 4.16. The zero-order chi connectivity index (χ0) is 13.8. The van der Waals surface area contributed by atoms with Crippen LogP contribution < -0.4 is 10.5 Å². The maximum absolute atomic E-state index is 14.0. The van der Waals surface area contributed by atoms with E-state index in [1.54, 1.807) is 6.07 Å². The fourth-order valence-electron chi connectivity index (χ4n) is 2.85. The first-order valence-corrected chi connectivity index (χ1v) is 7.26. The van der Waals surface area contributed by atoms with Crippen molar-refractivity contribution in [1.29, 1.82) is 0 Å². The van der Waals surface area contributed by atoms with Gasteiger partial charge in [0.15, 0.2) is 11.6 Å². The molecule has 1 aliphatic rings. The monoisotopic (exact) mass is 265 g/mol. The molecule has 0 spiro atoms. The first-order chi connectivity index (χ1) is 9.06. The van der Waals surface area contributed by atoms with Crippen LogP contribution in [0.2, 0.25) is 0 Å². The molecule has 1 aromatic carbocycles. The van der Waals surface area contributed by atoms with E-state index in [-0.39, 0.29) is 18.0 Å². The summed E-state index contributed by atoms with van der Waals surface area (Å²) in [5.74, 6) is 0.817. The first kappa shape index (κ1) is 14.3. The van der Waals surface area contributed by atoms with Gasteiger partial charge in [0, 0.05) is 6.04 Å². The third-order valence-electron chi connectivity index (χ3n) is 3.76. The van der Waals surface area contributed by atoms with Crippen LogP contribution in [0.1, 0.15) is 45.1 Å². The Balaban J connectivity index is 2.13. The second-order valence-corrected chi connectivity index (χ2v) is 5.92. The van der Waals surface area contributed by atoms with E-state index >= 15 is 0 Å². The van der Waals surface area contributed by atoms with Crippen molar-refractivity contribution in [2.75, 3.05) is 0 Å². The second-order valence-electron chi connectivity index (χ2n) is 5.92. The molecule has 3 heteroatoms. The number of halogens is 1. The lowest BCUT2D eigenvalue weighted by Crippen LogP contribution is -2.26. The molecule has 0 radical (unpaired) electrons. The molecule has 2 nitrogen and oxygen atoms in total. The number of nitrogens with two attached hydrogens (primary N) is 1. The maximum Gasteiger partial charge on any atom is 0.165 e. The number of ether oxygens (including phenoxy) is 1. The summed E-state index contributed by atoms with van der Waals surface area (Å²) in [6, 6.07) is 5.11. The summed E-state index contributed by atoms with van der Waals surface area (Å²) in [5, 5.41) is 0. The highest BCUT2D eigenvalue weighted by molar-refractivity contribution is 5.35. The molecule has 1 aliphatic carbocycles. The van der Waals surface area contributed by atoms with E-state index in [1.165, 1.54) is 18.9 Å². The Morgan fingerprint density at radius 3 is 2.89 bits per heavy atom. The Kier molecular flexibility index (Phi) is 4.81. The predicted octanol–water partition coefficient (Wildman–Crippen LogP) is 3.67. The van der Waals surface area contributed by atoms with Crippen LogP contribution in [-0.2, 0) is 6.42 Å². The average molecular weight is 265 g/mol. The molecule has 19 heavy (non-hydrogen) atoms. The number of hydrogen-bond donors (Lipinski definition) is 1. The normalized spacial score (nSPS) is 25.1. The van der Waals surface area contributed by atoms with Gasteiger partial charge >= 0.3 is 0 Å². The Labute approximate surface area is 115 Å². The van der Waals surface area contributed by atoms with Gasteiger partial charge in [0.1, 0.15) is 0 Å². The van der Waals surface area contributed by atoms with Gasteiger partial charge < -0.3 is 10.5 Å². The highest BCUT2D eigenvalue weighted by Crippen LogP contribution is 2.31. The van der Waals surface area contributed by atoms with E-state index in [4.69, 9.17) is 10.5 Å². The third-order valence-corrected chi connectivity index (χ3v) is 3.76. The van der Waals surface area contributed by atoms with Crippen molar-refractivity contribution in [3.05, 3.63) is 29.6 Å². The molecule has 0 saturated heterocycles. The summed E-state index contributed by atoms with van der Waals surface area (Å²) in [5.41, 5.74) is 6.70. The smallest absolute Gasteiger partial charge is 0.165 e. The molecule has 2 N–H and O–H groups in total. The second kappa shape index (κ2) is 6.38. The van der Waals surface area contributed by atoms with E-state index in [0.29, 0.717) is 18.1 Å². The van der Waals surface area contributed by atoms with E-state index in [1.807, 2.05) is 13.0 Å². The van der Waals surface area contributed by atoms with Gasteiger partial charge in [-0.15, -0.1) is 0 Å². The Bertz CT molecular complexity index is 419. The number of para-hydroxylation sites is 1. The minimum atomic E-state index is -0.267. The van der Waals surface area contributed by atoms with Gasteiger partial charge in [-0.2, -0.15) is 0 Å². The van der Waals surface area contributed by atoms with Gasteiger partial charge in [-0.1, -0.05) is 25.5 Å². The maximum atomic E-state index is 14.0. The number of hydrogen-bond acceptors (Lipinski definition) is 2. The number of rotatable bonds is 4. The summed E-state index contributed by atoms with van der Waals surface area (Å²) in [4.78, 5) is 0. The van der Waals surface area contributed by atoms with Crippen molar-refractivity contribution in [2.24, 2.45) is 11.7 Å². The van der Waals surface area contributed by atoms with E-state index in [0.717, 1.165) is 18.4 Å². The van der Waals surface area contributed by atoms with Crippen LogP contribution in [0.15, 0.2) is 18.2 Å². The SMILES string of the molecule is CC(N)Cc1cccc(F)c1OC1CCCC(C)C1. The lowest BCUT2D eigenvalue weighted by atomic mass is 9.88. The van der Waals surface area contributed by atoms with Gasteiger partial charge in [-0.05, 0) is 50.2 Å².